The summed E-state index contributed by atoms with van der Waals surface area (Å²) < 4.78 is 5.20. The minimum Gasteiger partial charge on any atom is -0.465 e. The van der Waals surface area contributed by atoms with Crippen LogP contribution in [0, 0.1) is 0 Å². The summed E-state index contributed by atoms with van der Waals surface area (Å²) in [6, 6.07) is 0. The molecule has 0 aromatic carbocycles. The van der Waals surface area contributed by atoms with Gasteiger partial charge in [0, 0.05) is 19.7 Å². The maximum atomic E-state index is 10.6. The van der Waals surface area contributed by atoms with Crippen molar-refractivity contribution < 1.29 is 14.6 Å². The number of rotatable bonds is 0. The Morgan fingerprint density at radius 2 is 2.42 bits per heavy atom. The molecule has 1 aliphatic heterocycles. The molecule has 0 spiro atoms. The Morgan fingerprint density at radius 1 is 1.67 bits per heavy atom. The van der Waals surface area contributed by atoms with E-state index in [1.165, 1.54) is 4.90 Å². The fourth-order valence-electron chi connectivity index (χ4n) is 1.13. The quantitative estimate of drug-likeness (QED) is 0.552. The van der Waals surface area contributed by atoms with Gasteiger partial charge in [0.05, 0.1) is 6.61 Å². The van der Waals surface area contributed by atoms with E-state index >= 15 is 0 Å². The summed E-state index contributed by atoms with van der Waals surface area (Å²) in [6.45, 7) is 5.74. The van der Waals surface area contributed by atoms with E-state index in [0.717, 1.165) is 12.0 Å². The van der Waals surface area contributed by atoms with E-state index in [1.807, 2.05) is 0 Å². The van der Waals surface area contributed by atoms with Crippen LogP contribution in [0.3, 0.4) is 0 Å². The first kappa shape index (κ1) is 9.06. The third-order valence-electron chi connectivity index (χ3n) is 1.71. The zero-order valence-corrected chi connectivity index (χ0v) is 6.95. The van der Waals surface area contributed by atoms with Crippen LogP contribution in [0.1, 0.15) is 6.42 Å². The topological polar surface area (TPSA) is 49.8 Å². The lowest BCUT2D eigenvalue weighted by atomic mass is 10.2. The van der Waals surface area contributed by atoms with Gasteiger partial charge in [0.2, 0.25) is 0 Å². The lowest BCUT2D eigenvalue weighted by Gasteiger charge is -2.22. The van der Waals surface area contributed by atoms with Crippen LogP contribution < -0.4 is 0 Å². The maximum Gasteiger partial charge on any atom is 0.407 e. The second-order valence-electron chi connectivity index (χ2n) is 2.86. The molecule has 12 heavy (non-hydrogen) atoms. The Kier molecular flexibility index (Phi) is 3.10. The highest BCUT2D eigenvalue weighted by molar-refractivity contribution is 5.65. The highest BCUT2D eigenvalue weighted by Gasteiger charge is 2.14. The number of nitrogens with zero attached hydrogens (tertiary/aromatic N) is 1. The molecule has 4 heteroatoms. The van der Waals surface area contributed by atoms with Gasteiger partial charge in [-0.1, -0.05) is 6.58 Å². The van der Waals surface area contributed by atoms with E-state index in [2.05, 4.69) is 6.58 Å². The molecule has 0 aromatic rings. The molecule has 0 aliphatic carbocycles. The van der Waals surface area contributed by atoms with Gasteiger partial charge in [-0.05, 0) is 12.0 Å². The molecular weight excluding hydrogens is 158 g/mol. The summed E-state index contributed by atoms with van der Waals surface area (Å²) in [5.74, 6) is 0. The van der Waals surface area contributed by atoms with Crippen molar-refractivity contribution >= 4 is 6.09 Å². The van der Waals surface area contributed by atoms with E-state index in [9.17, 15) is 4.79 Å². The van der Waals surface area contributed by atoms with Crippen LogP contribution in [0.15, 0.2) is 12.2 Å². The van der Waals surface area contributed by atoms with Crippen molar-refractivity contribution in [2.45, 2.75) is 6.42 Å². The Bertz CT molecular complexity index is 191. The monoisotopic (exact) mass is 171 g/mol. The molecule has 1 aliphatic rings. The second-order valence-corrected chi connectivity index (χ2v) is 2.86. The Balaban J connectivity index is 2.49. The molecule has 0 radical (unpaired) electrons. The number of carbonyl (C=O) groups is 1. The number of amides is 1. The molecule has 1 N–H and O–H groups in total. The van der Waals surface area contributed by atoms with Crippen molar-refractivity contribution in [3.05, 3.63) is 12.2 Å². The number of ether oxygens (including phenoxy) is 1. The van der Waals surface area contributed by atoms with Gasteiger partial charge in [-0.3, -0.25) is 0 Å². The standard InChI is InChI=1S/C8H13NO3/c1-7-5-9(8(10)11)3-2-4-12-6-7/h1-6H2,(H,10,11). The Hall–Kier alpha value is -1.03. The van der Waals surface area contributed by atoms with Crippen molar-refractivity contribution in [2.75, 3.05) is 26.3 Å². The summed E-state index contributed by atoms with van der Waals surface area (Å²) >= 11 is 0. The molecule has 1 saturated heterocycles. The van der Waals surface area contributed by atoms with Gasteiger partial charge in [0.1, 0.15) is 0 Å². The first-order valence-corrected chi connectivity index (χ1v) is 3.92. The Morgan fingerprint density at radius 3 is 3.08 bits per heavy atom. The average Bonchev–Trinajstić information content (AvgIpc) is 1.95. The second kappa shape index (κ2) is 4.11. The van der Waals surface area contributed by atoms with Crippen molar-refractivity contribution in [1.82, 2.24) is 4.90 Å². The molecule has 1 fully saturated rings. The first-order valence-electron chi connectivity index (χ1n) is 3.92. The molecule has 1 amide bonds. The fraction of sp³-hybridized carbons (Fsp3) is 0.625. The number of hydrogen-bond acceptors (Lipinski definition) is 2. The Labute approximate surface area is 71.4 Å². The predicted molar refractivity (Wildman–Crippen MR) is 44.2 cm³/mol. The van der Waals surface area contributed by atoms with E-state index in [0.29, 0.717) is 26.3 Å². The highest BCUT2D eigenvalue weighted by atomic mass is 16.5. The third kappa shape index (κ3) is 2.54. The fourth-order valence-corrected chi connectivity index (χ4v) is 1.13. The van der Waals surface area contributed by atoms with E-state index in [1.54, 1.807) is 0 Å². The van der Waals surface area contributed by atoms with Crippen molar-refractivity contribution in [2.24, 2.45) is 0 Å². The lowest BCUT2D eigenvalue weighted by Crippen LogP contribution is -2.35. The van der Waals surface area contributed by atoms with Gasteiger partial charge < -0.3 is 14.7 Å². The van der Waals surface area contributed by atoms with Crippen LogP contribution in [-0.2, 0) is 4.74 Å². The smallest absolute Gasteiger partial charge is 0.407 e. The van der Waals surface area contributed by atoms with Gasteiger partial charge in [-0.15, -0.1) is 0 Å². The van der Waals surface area contributed by atoms with Gasteiger partial charge >= 0.3 is 6.09 Å². The molecule has 0 aromatic heterocycles. The van der Waals surface area contributed by atoms with Crippen LogP contribution in [0.5, 0.6) is 0 Å². The average molecular weight is 171 g/mol. The number of hydrogen-bond donors (Lipinski definition) is 1. The van der Waals surface area contributed by atoms with E-state index < -0.39 is 6.09 Å². The summed E-state index contributed by atoms with van der Waals surface area (Å²) in [7, 11) is 0. The minimum atomic E-state index is -0.877. The molecule has 0 unspecified atom stereocenters. The molecule has 1 heterocycles. The largest absolute Gasteiger partial charge is 0.465 e. The van der Waals surface area contributed by atoms with Gasteiger partial charge in [0.15, 0.2) is 0 Å². The van der Waals surface area contributed by atoms with Crippen molar-refractivity contribution in [3.63, 3.8) is 0 Å². The molecule has 1 rings (SSSR count). The van der Waals surface area contributed by atoms with Crippen molar-refractivity contribution in [3.8, 4) is 0 Å². The minimum absolute atomic E-state index is 0.398. The van der Waals surface area contributed by atoms with Crippen LogP contribution in [0.4, 0.5) is 4.79 Å². The maximum absolute atomic E-state index is 10.6. The third-order valence-corrected chi connectivity index (χ3v) is 1.71. The molecule has 0 saturated carbocycles. The molecule has 0 bridgehead atoms. The summed E-state index contributed by atoms with van der Waals surface area (Å²) in [4.78, 5) is 12.0. The van der Waals surface area contributed by atoms with Crippen LogP contribution >= 0.6 is 0 Å². The van der Waals surface area contributed by atoms with Gasteiger partial charge in [-0.2, -0.15) is 0 Å². The van der Waals surface area contributed by atoms with Gasteiger partial charge in [0.25, 0.3) is 0 Å². The molecule has 68 valence electrons. The highest BCUT2D eigenvalue weighted by Crippen LogP contribution is 2.04. The van der Waals surface area contributed by atoms with Crippen LogP contribution in [0.25, 0.3) is 0 Å². The van der Waals surface area contributed by atoms with Crippen molar-refractivity contribution in [1.29, 1.82) is 0 Å². The SMILES string of the molecule is C=C1COCCCN(C(=O)O)C1. The van der Waals surface area contributed by atoms with E-state index in [4.69, 9.17) is 9.84 Å². The zero-order valence-electron chi connectivity index (χ0n) is 6.95. The van der Waals surface area contributed by atoms with Gasteiger partial charge in [-0.25, -0.2) is 4.79 Å². The number of carboxylic acid groups (broad SMARTS) is 1. The summed E-state index contributed by atoms with van der Waals surface area (Å²) in [6.07, 6.45) is -0.113. The predicted octanol–water partition coefficient (Wildman–Crippen LogP) is 0.943. The molecule has 4 nitrogen and oxygen atoms in total. The zero-order chi connectivity index (χ0) is 8.97. The summed E-state index contributed by atoms with van der Waals surface area (Å²) in [5.41, 5.74) is 0.817. The molecule has 0 atom stereocenters. The first-order chi connectivity index (χ1) is 5.70. The van der Waals surface area contributed by atoms with Crippen LogP contribution in [-0.4, -0.2) is 42.4 Å². The summed E-state index contributed by atoms with van der Waals surface area (Å²) in [5, 5.41) is 8.72. The van der Waals surface area contributed by atoms with E-state index in [-0.39, 0.29) is 0 Å². The van der Waals surface area contributed by atoms with Crippen LogP contribution in [0.2, 0.25) is 0 Å². The molecular formula is C8H13NO3. The normalized spacial score (nSPS) is 20.0. The lowest BCUT2D eigenvalue weighted by molar-refractivity contribution is 0.107.